The molecule has 1 N–H and O–H groups in total. The summed E-state index contributed by atoms with van der Waals surface area (Å²) >= 11 is 0. The van der Waals surface area contributed by atoms with E-state index in [4.69, 9.17) is 4.74 Å². The molecule has 5 rings (SSSR count). The first kappa shape index (κ1) is 24.1. The Morgan fingerprint density at radius 1 is 0.838 bits per heavy atom. The highest BCUT2D eigenvalue weighted by molar-refractivity contribution is 6.23. The zero-order valence-corrected chi connectivity index (χ0v) is 20.8. The van der Waals surface area contributed by atoms with Gasteiger partial charge in [0.15, 0.2) is 5.78 Å². The van der Waals surface area contributed by atoms with Crippen molar-refractivity contribution >= 4 is 23.1 Å². The number of nitrogens with one attached hydrogen (secondary N) is 1. The van der Waals surface area contributed by atoms with Crippen LogP contribution in [0.3, 0.4) is 0 Å². The van der Waals surface area contributed by atoms with E-state index in [0.717, 1.165) is 22.6 Å². The average molecular weight is 489 g/mol. The fourth-order valence-electron chi connectivity index (χ4n) is 4.59. The summed E-state index contributed by atoms with van der Waals surface area (Å²) in [6.45, 7) is 4.49. The number of amides is 1. The quantitative estimate of drug-likeness (QED) is 0.279. The standard InChI is InChI=1S/C32H28N2O3/c1-3-37-27-20-18-26(19-21-27)34-30(23-10-6-4-7-11-23)28(31(35)24-12-8-5-9-13-24)29(32(34)36)33-25-16-14-22(2)15-17-25/h4-21,30,33H,3H2,1-2H3. The lowest BCUT2D eigenvalue weighted by atomic mass is 9.92. The molecule has 0 fully saturated rings. The zero-order valence-electron chi connectivity index (χ0n) is 20.8. The maximum absolute atomic E-state index is 14.1. The van der Waals surface area contributed by atoms with Crippen molar-refractivity contribution in [3.05, 3.63) is 137 Å². The number of carbonyl (C=O) groups is 2. The second kappa shape index (κ2) is 10.5. The number of Topliss-reactive ketones (excluding diaryl/α,β-unsaturated/α-hetero) is 1. The lowest BCUT2D eigenvalue weighted by Crippen LogP contribution is -2.31. The monoisotopic (exact) mass is 488 g/mol. The van der Waals surface area contributed by atoms with Crippen LogP contribution in [0.1, 0.15) is 34.5 Å². The van der Waals surface area contributed by atoms with E-state index in [1.54, 1.807) is 17.0 Å². The largest absolute Gasteiger partial charge is 0.494 e. The molecule has 4 aromatic rings. The topological polar surface area (TPSA) is 58.6 Å². The number of carbonyl (C=O) groups excluding carboxylic acids is 2. The first-order valence-electron chi connectivity index (χ1n) is 12.4. The highest BCUT2D eigenvalue weighted by atomic mass is 16.5. The minimum Gasteiger partial charge on any atom is -0.494 e. The third kappa shape index (κ3) is 4.89. The van der Waals surface area contributed by atoms with Crippen molar-refractivity contribution in [2.45, 2.75) is 19.9 Å². The molecule has 0 saturated carbocycles. The van der Waals surface area contributed by atoms with Crippen LogP contribution in [0.5, 0.6) is 5.75 Å². The number of benzene rings is 4. The molecule has 0 spiro atoms. The number of ether oxygens (including phenoxy) is 1. The molecule has 184 valence electrons. The summed E-state index contributed by atoms with van der Waals surface area (Å²) in [6.07, 6.45) is 0. The molecule has 1 unspecified atom stereocenters. The summed E-state index contributed by atoms with van der Waals surface area (Å²) in [5.74, 6) is 0.268. The normalized spacial score (nSPS) is 15.1. The molecular formula is C32H28N2O3. The second-order valence-electron chi connectivity index (χ2n) is 8.89. The number of hydrogen-bond acceptors (Lipinski definition) is 4. The van der Waals surface area contributed by atoms with Gasteiger partial charge in [0.2, 0.25) is 0 Å². The van der Waals surface area contributed by atoms with E-state index in [-0.39, 0.29) is 17.4 Å². The highest BCUT2D eigenvalue weighted by Crippen LogP contribution is 2.43. The Morgan fingerprint density at radius 3 is 2.08 bits per heavy atom. The van der Waals surface area contributed by atoms with E-state index < -0.39 is 6.04 Å². The summed E-state index contributed by atoms with van der Waals surface area (Å²) in [5, 5.41) is 3.29. The first-order chi connectivity index (χ1) is 18.1. The van der Waals surface area contributed by atoms with E-state index in [2.05, 4.69) is 5.32 Å². The number of aryl methyl sites for hydroxylation is 1. The van der Waals surface area contributed by atoms with Gasteiger partial charge in [-0.05, 0) is 55.8 Å². The van der Waals surface area contributed by atoms with Gasteiger partial charge in [-0.2, -0.15) is 0 Å². The van der Waals surface area contributed by atoms with Crippen LogP contribution in [0.15, 0.2) is 120 Å². The molecule has 37 heavy (non-hydrogen) atoms. The van der Waals surface area contributed by atoms with Crippen molar-refractivity contribution in [2.75, 3.05) is 16.8 Å². The van der Waals surface area contributed by atoms with Crippen molar-refractivity contribution in [3.8, 4) is 5.75 Å². The van der Waals surface area contributed by atoms with Gasteiger partial charge in [-0.1, -0.05) is 78.4 Å². The molecule has 1 heterocycles. The van der Waals surface area contributed by atoms with Gasteiger partial charge in [0.05, 0.1) is 18.2 Å². The third-order valence-electron chi connectivity index (χ3n) is 6.38. The van der Waals surface area contributed by atoms with Crippen molar-refractivity contribution in [1.29, 1.82) is 0 Å². The van der Waals surface area contributed by atoms with Gasteiger partial charge >= 0.3 is 0 Å². The van der Waals surface area contributed by atoms with Crippen LogP contribution in [0, 0.1) is 6.92 Å². The Morgan fingerprint density at radius 2 is 1.46 bits per heavy atom. The van der Waals surface area contributed by atoms with E-state index in [0.29, 0.717) is 23.4 Å². The summed E-state index contributed by atoms with van der Waals surface area (Å²) in [6, 6.07) is 33.4. The van der Waals surface area contributed by atoms with Crippen LogP contribution < -0.4 is 15.0 Å². The Balaban J connectivity index is 1.68. The maximum atomic E-state index is 14.1. The van der Waals surface area contributed by atoms with Gasteiger partial charge in [0.25, 0.3) is 5.91 Å². The smallest absolute Gasteiger partial charge is 0.276 e. The van der Waals surface area contributed by atoms with Crippen LogP contribution in [0.25, 0.3) is 0 Å². The van der Waals surface area contributed by atoms with Gasteiger partial charge in [0, 0.05) is 16.9 Å². The maximum Gasteiger partial charge on any atom is 0.276 e. The van der Waals surface area contributed by atoms with Crippen LogP contribution in [0.4, 0.5) is 11.4 Å². The Labute approximate surface area is 217 Å². The van der Waals surface area contributed by atoms with E-state index in [1.165, 1.54) is 0 Å². The summed E-state index contributed by atoms with van der Waals surface area (Å²) < 4.78 is 5.61. The van der Waals surface area contributed by atoms with Gasteiger partial charge in [-0.15, -0.1) is 0 Å². The van der Waals surface area contributed by atoms with Crippen LogP contribution in [-0.4, -0.2) is 18.3 Å². The molecule has 0 bridgehead atoms. The number of rotatable bonds is 8. The van der Waals surface area contributed by atoms with Crippen molar-refractivity contribution in [1.82, 2.24) is 0 Å². The molecule has 0 radical (unpaired) electrons. The van der Waals surface area contributed by atoms with Crippen molar-refractivity contribution in [3.63, 3.8) is 0 Å². The van der Waals surface area contributed by atoms with Gasteiger partial charge in [-0.3, -0.25) is 14.5 Å². The molecule has 4 aromatic carbocycles. The fourth-order valence-corrected chi connectivity index (χ4v) is 4.59. The summed E-state index contributed by atoms with van der Waals surface area (Å²) in [4.78, 5) is 29.9. The van der Waals surface area contributed by atoms with Crippen LogP contribution >= 0.6 is 0 Å². The molecule has 1 aliphatic rings. The Hall–Kier alpha value is -4.64. The predicted molar refractivity (Wildman–Crippen MR) is 147 cm³/mol. The predicted octanol–water partition coefficient (Wildman–Crippen LogP) is 6.73. The molecule has 0 aromatic heterocycles. The highest BCUT2D eigenvalue weighted by Gasteiger charge is 2.44. The number of anilines is 2. The second-order valence-corrected chi connectivity index (χ2v) is 8.89. The number of nitrogens with zero attached hydrogens (tertiary/aromatic N) is 1. The third-order valence-corrected chi connectivity index (χ3v) is 6.38. The molecule has 5 heteroatoms. The first-order valence-corrected chi connectivity index (χ1v) is 12.4. The van der Waals surface area contributed by atoms with Crippen molar-refractivity contribution in [2.24, 2.45) is 0 Å². The SMILES string of the molecule is CCOc1ccc(N2C(=O)C(Nc3ccc(C)cc3)=C(C(=O)c3ccccc3)C2c2ccccc2)cc1. The molecule has 0 saturated heterocycles. The van der Waals surface area contributed by atoms with E-state index >= 15 is 0 Å². The minimum atomic E-state index is -0.604. The Kier molecular flexibility index (Phi) is 6.86. The Bertz CT molecular complexity index is 1430. The molecule has 1 amide bonds. The van der Waals surface area contributed by atoms with E-state index in [9.17, 15) is 9.59 Å². The minimum absolute atomic E-state index is 0.189. The molecule has 1 aliphatic heterocycles. The molecule has 5 nitrogen and oxygen atoms in total. The molecular weight excluding hydrogens is 460 g/mol. The van der Waals surface area contributed by atoms with E-state index in [1.807, 2.05) is 111 Å². The summed E-state index contributed by atoms with van der Waals surface area (Å²) in [7, 11) is 0. The number of hydrogen-bond donors (Lipinski definition) is 1. The lowest BCUT2D eigenvalue weighted by molar-refractivity contribution is -0.114. The fraction of sp³-hybridized carbons (Fsp3) is 0.125. The van der Waals surface area contributed by atoms with Crippen LogP contribution in [0.2, 0.25) is 0 Å². The summed E-state index contributed by atoms with van der Waals surface area (Å²) in [5.41, 5.74) is 4.61. The van der Waals surface area contributed by atoms with Crippen LogP contribution in [-0.2, 0) is 4.79 Å². The van der Waals surface area contributed by atoms with Gasteiger partial charge < -0.3 is 10.1 Å². The molecule has 0 aliphatic carbocycles. The molecule has 1 atom stereocenters. The van der Waals surface area contributed by atoms with Crippen molar-refractivity contribution < 1.29 is 14.3 Å². The van der Waals surface area contributed by atoms with Gasteiger partial charge in [-0.25, -0.2) is 0 Å². The zero-order chi connectivity index (χ0) is 25.8. The van der Waals surface area contributed by atoms with Gasteiger partial charge in [0.1, 0.15) is 11.4 Å². The lowest BCUT2D eigenvalue weighted by Gasteiger charge is -2.27. The average Bonchev–Trinajstić information content (AvgIpc) is 3.22. The number of ketones is 1.